The van der Waals surface area contributed by atoms with Gasteiger partial charge in [-0.2, -0.15) is 0 Å². The number of guanidine groups is 1. The van der Waals surface area contributed by atoms with Crippen molar-refractivity contribution in [2.75, 3.05) is 0 Å². The highest BCUT2D eigenvalue weighted by Crippen LogP contribution is 1.73. The van der Waals surface area contributed by atoms with Crippen molar-refractivity contribution < 1.29 is 0 Å². The molecule has 0 aromatic heterocycles. The molecule has 1 unspecified atom stereocenters. The average molecular weight is 172 g/mol. The van der Waals surface area contributed by atoms with Crippen LogP contribution in [0.3, 0.4) is 0 Å². The van der Waals surface area contributed by atoms with Gasteiger partial charge in [-0.15, -0.1) is 17.0 Å². The predicted molar refractivity (Wildman–Crippen MR) is 35.8 cm³/mol. The van der Waals surface area contributed by atoms with Crippen molar-refractivity contribution in [3.05, 3.63) is 0 Å². The Labute approximate surface area is 49.2 Å². The largest absolute Gasteiger partial charge is 0.370 e. The van der Waals surface area contributed by atoms with E-state index < -0.39 is 0 Å². The zero-order valence-electron chi connectivity index (χ0n) is 3.09. The van der Waals surface area contributed by atoms with E-state index in [4.69, 9.17) is 11.5 Å². The van der Waals surface area contributed by atoms with Crippen molar-refractivity contribution in [1.82, 2.24) is 0 Å². The van der Waals surface area contributed by atoms with Gasteiger partial charge in [0.15, 0.2) is 5.96 Å². The molecule has 0 aliphatic heterocycles. The van der Waals surface area contributed by atoms with Gasteiger partial charge in [0.2, 0.25) is 0 Å². The minimum atomic E-state index is 0. The zero-order chi connectivity index (χ0) is 4.28. The SMILES string of the molecule is Br.NC(N)=NP. The Morgan fingerprint density at radius 1 is 1.50 bits per heavy atom. The van der Waals surface area contributed by atoms with Gasteiger partial charge < -0.3 is 11.5 Å². The molecule has 5 heteroatoms. The van der Waals surface area contributed by atoms with Gasteiger partial charge in [0.05, 0.1) is 0 Å². The minimum Gasteiger partial charge on any atom is -0.370 e. The lowest BCUT2D eigenvalue weighted by atomic mass is 11.1. The molecule has 0 rings (SSSR count). The van der Waals surface area contributed by atoms with Crippen LogP contribution in [0, 0.1) is 0 Å². The molecule has 6 heavy (non-hydrogen) atoms. The van der Waals surface area contributed by atoms with Crippen LogP contribution < -0.4 is 11.5 Å². The molecule has 0 saturated heterocycles. The van der Waals surface area contributed by atoms with E-state index in [1.807, 2.05) is 9.39 Å². The molecule has 0 bridgehead atoms. The summed E-state index contributed by atoms with van der Waals surface area (Å²) in [4.78, 5) is 0. The number of hydrogen-bond donors (Lipinski definition) is 2. The molecule has 0 aliphatic rings. The van der Waals surface area contributed by atoms with Crippen LogP contribution in [0.4, 0.5) is 0 Å². The second-order valence-corrected chi connectivity index (χ2v) is 0.812. The second kappa shape index (κ2) is 5.18. The lowest BCUT2D eigenvalue weighted by Crippen LogP contribution is -2.20. The van der Waals surface area contributed by atoms with E-state index in [1.165, 1.54) is 0 Å². The van der Waals surface area contributed by atoms with Gasteiger partial charge in [-0.3, -0.25) is 0 Å². The molecule has 3 nitrogen and oxygen atoms in total. The van der Waals surface area contributed by atoms with E-state index in [1.54, 1.807) is 0 Å². The molecule has 0 aliphatic carbocycles. The first-order chi connectivity index (χ1) is 2.27. The topological polar surface area (TPSA) is 64.4 Å². The average Bonchev–Trinajstić information content (AvgIpc) is 1.38. The molecule has 0 amide bonds. The van der Waals surface area contributed by atoms with Gasteiger partial charge in [0.25, 0.3) is 0 Å². The fraction of sp³-hybridized carbons (Fsp3) is 0. The second-order valence-electron chi connectivity index (χ2n) is 0.554. The van der Waals surface area contributed by atoms with Gasteiger partial charge in [0.1, 0.15) is 0 Å². The highest BCUT2D eigenvalue weighted by atomic mass is 79.9. The van der Waals surface area contributed by atoms with Gasteiger partial charge in [-0.05, 0) is 9.39 Å². The van der Waals surface area contributed by atoms with Crippen molar-refractivity contribution in [3.63, 3.8) is 0 Å². The number of rotatable bonds is 0. The monoisotopic (exact) mass is 171 g/mol. The molecule has 0 heterocycles. The Hall–Kier alpha value is 0.180. The molecule has 0 fully saturated rings. The third-order valence-corrected chi connectivity index (χ3v) is 0.447. The Morgan fingerprint density at radius 2 is 1.67 bits per heavy atom. The highest BCUT2D eigenvalue weighted by Gasteiger charge is 1.61. The van der Waals surface area contributed by atoms with Crippen LogP contribution in [0.1, 0.15) is 0 Å². The highest BCUT2D eigenvalue weighted by molar-refractivity contribution is 8.93. The lowest BCUT2D eigenvalue weighted by molar-refractivity contribution is 1.54. The van der Waals surface area contributed by atoms with Crippen molar-refractivity contribution >= 4 is 32.3 Å². The molecule has 0 radical (unpaired) electrons. The van der Waals surface area contributed by atoms with Crippen LogP contribution in [0.5, 0.6) is 0 Å². The number of halogens is 1. The van der Waals surface area contributed by atoms with Crippen molar-refractivity contribution in [2.24, 2.45) is 16.2 Å². The van der Waals surface area contributed by atoms with E-state index in [9.17, 15) is 0 Å². The third kappa shape index (κ3) is 8.89. The molecule has 0 aromatic carbocycles. The Morgan fingerprint density at radius 3 is 1.67 bits per heavy atom. The summed E-state index contributed by atoms with van der Waals surface area (Å²) in [5.41, 5.74) is 9.60. The van der Waals surface area contributed by atoms with Gasteiger partial charge in [-0.1, -0.05) is 0 Å². The number of hydrogen-bond acceptors (Lipinski definition) is 1. The molecule has 0 saturated carbocycles. The summed E-state index contributed by atoms with van der Waals surface area (Å²) in [5, 5.41) is 0. The maximum Gasteiger partial charge on any atom is 0.189 e. The van der Waals surface area contributed by atoms with E-state index in [2.05, 4.69) is 4.76 Å². The van der Waals surface area contributed by atoms with Crippen molar-refractivity contribution in [2.45, 2.75) is 0 Å². The van der Waals surface area contributed by atoms with E-state index in [0.717, 1.165) is 0 Å². The van der Waals surface area contributed by atoms with Crippen LogP contribution in [0.25, 0.3) is 0 Å². The molecule has 38 valence electrons. The molecule has 4 N–H and O–H groups in total. The summed E-state index contributed by atoms with van der Waals surface area (Å²) in [7, 11) is 2.03. The fourth-order valence-corrected chi connectivity index (χ4v) is 0. The minimum absolute atomic E-state index is 0. The Bertz CT molecular complexity index is 48.8. The van der Waals surface area contributed by atoms with Crippen molar-refractivity contribution in [3.8, 4) is 0 Å². The summed E-state index contributed by atoms with van der Waals surface area (Å²) in [6, 6.07) is 0. The predicted octanol–water partition coefficient (Wildman–Crippen LogP) is -0.372. The molecular weight excluding hydrogens is 165 g/mol. The lowest BCUT2D eigenvalue weighted by Gasteiger charge is -1.76. The van der Waals surface area contributed by atoms with Crippen LogP contribution in [0.2, 0.25) is 0 Å². The quantitative estimate of drug-likeness (QED) is 0.297. The maximum absolute atomic E-state index is 4.80. The molecule has 1 atom stereocenters. The summed E-state index contributed by atoms with van der Waals surface area (Å²) < 4.78 is 3.28. The summed E-state index contributed by atoms with van der Waals surface area (Å²) in [6.07, 6.45) is 0. The van der Waals surface area contributed by atoms with E-state index in [0.29, 0.717) is 0 Å². The number of nitrogens with zero attached hydrogens (tertiary/aromatic N) is 1. The van der Waals surface area contributed by atoms with Crippen LogP contribution in [-0.2, 0) is 0 Å². The third-order valence-electron chi connectivity index (χ3n) is 0.149. The summed E-state index contributed by atoms with van der Waals surface area (Å²) >= 11 is 0. The smallest absolute Gasteiger partial charge is 0.189 e. The Kier molecular flexibility index (Phi) is 8.19. The molecular formula is CH7BrN3P. The molecule has 0 spiro atoms. The maximum atomic E-state index is 4.80. The standard InChI is InChI=1S/CH6N3P.BrH/c2-1(3)4-5;/h5H2,(H4,2,3,4);1H. The van der Waals surface area contributed by atoms with Crippen LogP contribution in [-0.4, -0.2) is 5.96 Å². The van der Waals surface area contributed by atoms with Crippen LogP contribution >= 0.6 is 26.4 Å². The molecule has 0 aromatic rings. The summed E-state index contributed by atoms with van der Waals surface area (Å²) in [6.45, 7) is 0. The first kappa shape index (κ1) is 9.49. The Balaban J connectivity index is 0. The number of nitrogens with two attached hydrogens (primary N) is 2. The van der Waals surface area contributed by atoms with Crippen LogP contribution in [0.15, 0.2) is 4.76 Å². The van der Waals surface area contributed by atoms with Gasteiger partial charge >= 0.3 is 0 Å². The zero-order valence-corrected chi connectivity index (χ0v) is 5.96. The normalized spacial score (nSPS) is 5.50. The van der Waals surface area contributed by atoms with Crippen molar-refractivity contribution in [1.29, 1.82) is 0 Å². The van der Waals surface area contributed by atoms with E-state index in [-0.39, 0.29) is 22.9 Å². The fourth-order valence-electron chi connectivity index (χ4n) is 0. The van der Waals surface area contributed by atoms with E-state index >= 15 is 0 Å². The van der Waals surface area contributed by atoms with Gasteiger partial charge in [0, 0.05) is 0 Å². The van der Waals surface area contributed by atoms with Gasteiger partial charge in [-0.25, -0.2) is 4.76 Å². The first-order valence-electron chi connectivity index (χ1n) is 1.06. The summed E-state index contributed by atoms with van der Waals surface area (Å²) in [5.74, 6) is 0.0926. The first-order valence-corrected chi connectivity index (χ1v) is 1.58.